The summed E-state index contributed by atoms with van der Waals surface area (Å²) >= 11 is 0. The number of anilines is 1. The van der Waals surface area contributed by atoms with Gasteiger partial charge in [0.05, 0.1) is 11.8 Å². The van der Waals surface area contributed by atoms with Crippen LogP contribution >= 0.6 is 0 Å². The predicted octanol–water partition coefficient (Wildman–Crippen LogP) is 1.60. The predicted molar refractivity (Wildman–Crippen MR) is 62.8 cm³/mol. The van der Waals surface area contributed by atoms with E-state index in [2.05, 4.69) is 15.5 Å². The van der Waals surface area contributed by atoms with Crippen LogP contribution in [0.2, 0.25) is 0 Å². The van der Waals surface area contributed by atoms with Gasteiger partial charge in [0.2, 0.25) is 5.91 Å². The Morgan fingerprint density at radius 1 is 1.24 bits per heavy atom. The molecule has 2 aromatic rings. The summed E-state index contributed by atoms with van der Waals surface area (Å²) in [5.74, 6) is -0.106. The summed E-state index contributed by atoms with van der Waals surface area (Å²) in [7, 11) is 0. The molecule has 1 heterocycles. The number of hydrogen-bond acceptors (Lipinski definition) is 3. The highest BCUT2D eigenvalue weighted by Gasteiger charge is 2.15. The van der Waals surface area contributed by atoms with E-state index in [1.165, 1.54) is 13.1 Å². The van der Waals surface area contributed by atoms with Crippen molar-refractivity contribution in [1.82, 2.24) is 10.2 Å². The zero-order valence-electron chi connectivity index (χ0n) is 9.23. The van der Waals surface area contributed by atoms with E-state index in [1.807, 2.05) is 6.07 Å². The molecular weight excluding hydrogens is 218 g/mol. The highest BCUT2D eigenvalue weighted by atomic mass is 16.1. The number of ketones is 1. The van der Waals surface area contributed by atoms with Crippen molar-refractivity contribution in [2.45, 2.75) is 6.92 Å². The Morgan fingerprint density at radius 2 is 1.94 bits per heavy atom. The summed E-state index contributed by atoms with van der Waals surface area (Å²) < 4.78 is 0. The van der Waals surface area contributed by atoms with Gasteiger partial charge in [-0.3, -0.25) is 14.7 Å². The molecule has 0 saturated carbocycles. The minimum absolute atomic E-state index is 0.178. The molecule has 17 heavy (non-hydrogen) atoms. The summed E-state index contributed by atoms with van der Waals surface area (Å²) in [6, 6.07) is 8.83. The van der Waals surface area contributed by atoms with Crippen LogP contribution in [-0.4, -0.2) is 21.9 Å². The van der Waals surface area contributed by atoms with E-state index in [1.54, 1.807) is 24.3 Å². The summed E-state index contributed by atoms with van der Waals surface area (Å²) in [5, 5.41) is 8.87. The molecule has 0 aliphatic heterocycles. The van der Waals surface area contributed by atoms with Gasteiger partial charge in [0.25, 0.3) is 0 Å². The van der Waals surface area contributed by atoms with Crippen molar-refractivity contribution >= 4 is 17.5 Å². The molecule has 0 unspecified atom stereocenters. The van der Waals surface area contributed by atoms with E-state index in [0.717, 1.165) is 0 Å². The Hall–Kier alpha value is -2.43. The zero-order valence-corrected chi connectivity index (χ0v) is 9.23. The van der Waals surface area contributed by atoms with Crippen molar-refractivity contribution in [2.75, 3.05) is 5.32 Å². The van der Waals surface area contributed by atoms with Crippen molar-refractivity contribution in [2.24, 2.45) is 0 Å². The van der Waals surface area contributed by atoms with Crippen molar-refractivity contribution in [3.63, 3.8) is 0 Å². The molecule has 0 aliphatic rings. The first kappa shape index (κ1) is 11.1. The first-order valence-corrected chi connectivity index (χ1v) is 5.09. The fourth-order valence-electron chi connectivity index (χ4n) is 1.47. The molecule has 0 fully saturated rings. The topological polar surface area (TPSA) is 74.8 Å². The normalized spacial score (nSPS) is 9.94. The van der Waals surface area contributed by atoms with Crippen molar-refractivity contribution in [3.8, 4) is 0 Å². The van der Waals surface area contributed by atoms with Crippen LogP contribution in [0.15, 0.2) is 36.5 Å². The zero-order chi connectivity index (χ0) is 12.3. The molecule has 2 rings (SSSR count). The Labute approximate surface area is 97.9 Å². The number of amides is 1. The number of carbonyl (C=O) groups is 2. The molecule has 1 amide bonds. The third-order valence-corrected chi connectivity index (χ3v) is 2.22. The third-order valence-electron chi connectivity index (χ3n) is 2.22. The Balaban J connectivity index is 2.32. The first-order chi connectivity index (χ1) is 8.18. The lowest BCUT2D eigenvalue weighted by Gasteiger charge is -2.02. The van der Waals surface area contributed by atoms with Gasteiger partial charge in [-0.15, -0.1) is 0 Å². The maximum atomic E-state index is 12.1. The van der Waals surface area contributed by atoms with Crippen LogP contribution in [0.4, 0.5) is 5.82 Å². The lowest BCUT2D eigenvalue weighted by molar-refractivity contribution is -0.114. The van der Waals surface area contributed by atoms with Gasteiger partial charge in [0.1, 0.15) is 5.82 Å². The molecule has 0 spiro atoms. The van der Waals surface area contributed by atoms with Gasteiger partial charge in [-0.05, 0) is 0 Å². The van der Waals surface area contributed by atoms with E-state index in [9.17, 15) is 9.59 Å². The first-order valence-electron chi connectivity index (χ1n) is 5.09. The van der Waals surface area contributed by atoms with E-state index in [0.29, 0.717) is 16.9 Å². The molecule has 0 bridgehead atoms. The van der Waals surface area contributed by atoms with Gasteiger partial charge in [-0.25, -0.2) is 0 Å². The lowest BCUT2D eigenvalue weighted by atomic mass is 10.1. The maximum absolute atomic E-state index is 12.1. The molecule has 86 valence electrons. The summed E-state index contributed by atoms with van der Waals surface area (Å²) in [6.07, 6.45) is 1.40. The minimum atomic E-state index is -0.253. The van der Waals surface area contributed by atoms with Crippen molar-refractivity contribution in [3.05, 3.63) is 47.7 Å². The molecule has 0 atom stereocenters. The molecular formula is C12H11N3O2. The number of H-pyrrole nitrogens is 1. The molecule has 1 aromatic heterocycles. The van der Waals surface area contributed by atoms with Crippen molar-refractivity contribution in [1.29, 1.82) is 0 Å². The van der Waals surface area contributed by atoms with Crippen LogP contribution in [0.3, 0.4) is 0 Å². The van der Waals surface area contributed by atoms with E-state index < -0.39 is 0 Å². The molecule has 5 nitrogen and oxygen atoms in total. The maximum Gasteiger partial charge on any atom is 0.222 e. The van der Waals surface area contributed by atoms with E-state index in [-0.39, 0.29) is 11.7 Å². The monoisotopic (exact) mass is 229 g/mol. The van der Waals surface area contributed by atoms with Crippen LogP contribution in [0.25, 0.3) is 0 Å². The van der Waals surface area contributed by atoms with Gasteiger partial charge in [-0.2, -0.15) is 5.10 Å². The van der Waals surface area contributed by atoms with Gasteiger partial charge in [0, 0.05) is 12.5 Å². The highest BCUT2D eigenvalue weighted by Crippen LogP contribution is 2.16. The van der Waals surface area contributed by atoms with E-state index in [4.69, 9.17) is 0 Å². The van der Waals surface area contributed by atoms with Gasteiger partial charge >= 0.3 is 0 Å². The van der Waals surface area contributed by atoms with Crippen LogP contribution < -0.4 is 5.32 Å². The van der Waals surface area contributed by atoms with Gasteiger partial charge in [-0.1, -0.05) is 30.3 Å². The third kappa shape index (κ3) is 2.39. The smallest absolute Gasteiger partial charge is 0.222 e. The van der Waals surface area contributed by atoms with Gasteiger partial charge < -0.3 is 5.32 Å². The Morgan fingerprint density at radius 3 is 2.59 bits per heavy atom. The SMILES string of the molecule is CC(=O)Nc1[nH]ncc1C(=O)c1ccccc1. The number of benzene rings is 1. The minimum Gasteiger partial charge on any atom is -0.311 e. The number of aromatic amines is 1. The number of hydrogen-bond donors (Lipinski definition) is 2. The Bertz CT molecular complexity index is 546. The average molecular weight is 229 g/mol. The summed E-state index contributed by atoms with van der Waals surface area (Å²) in [4.78, 5) is 23.1. The van der Waals surface area contributed by atoms with Crippen LogP contribution in [0.1, 0.15) is 22.8 Å². The van der Waals surface area contributed by atoms with Crippen LogP contribution in [0, 0.1) is 0 Å². The number of nitrogens with zero attached hydrogens (tertiary/aromatic N) is 1. The Kier molecular flexibility index (Phi) is 3.00. The lowest BCUT2D eigenvalue weighted by Crippen LogP contribution is -2.10. The fourth-order valence-corrected chi connectivity index (χ4v) is 1.47. The highest BCUT2D eigenvalue weighted by molar-refractivity contribution is 6.12. The second-order valence-corrected chi connectivity index (χ2v) is 3.54. The quantitative estimate of drug-likeness (QED) is 0.785. The standard InChI is InChI=1S/C12H11N3O2/c1-8(16)14-12-10(7-13-15-12)11(17)9-5-3-2-4-6-9/h2-7H,1H3,(H2,13,14,15,16). The molecule has 1 aromatic carbocycles. The summed E-state index contributed by atoms with van der Waals surface area (Å²) in [6.45, 7) is 1.37. The number of rotatable bonds is 3. The molecule has 5 heteroatoms. The average Bonchev–Trinajstić information content (AvgIpc) is 2.76. The molecule has 2 N–H and O–H groups in total. The number of nitrogens with one attached hydrogen (secondary N) is 2. The van der Waals surface area contributed by atoms with Gasteiger partial charge in [0.15, 0.2) is 5.78 Å². The number of aromatic nitrogens is 2. The fraction of sp³-hybridized carbons (Fsp3) is 0.0833. The van der Waals surface area contributed by atoms with Crippen LogP contribution in [-0.2, 0) is 4.79 Å². The van der Waals surface area contributed by atoms with Crippen LogP contribution in [0.5, 0.6) is 0 Å². The summed E-state index contributed by atoms with van der Waals surface area (Å²) in [5.41, 5.74) is 0.909. The molecule has 0 radical (unpaired) electrons. The van der Waals surface area contributed by atoms with Crippen molar-refractivity contribution < 1.29 is 9.59 Å². The largest absolute Gasteiger partial charge is 0.311 e. The van der Waals surface area contributed by atoms with E-state index >= 15 is 0 Å². The second-order valence-electron chi connectivity index (χ2n) is 3.54. The number of carbonyl (C=O) groups excluding carboxylic acids is 2. The molecule has 0 saturated heterocycles. The molecule has 0 aliphatic carbocycles. The second kappa shape index (κ2) is 4.61.